The Balaban J connectivity index is 1.47. The normalized spacial score (nSPS) is 19.6. The lowest BCUT2D eigenvalue weighted by Crippen LogP contribution is -2.51. The van der Waals surface area contributed by atoms with Crippen molar-refractivity contribution in [3.05, 3.63) is 95.1 Å². The van der Waals surface area contributed by atoms with Crippen molar-refractivity contribution in [2.24, 2.45) is 4.99 Å². The number of amides is 2. The molecular formula is C30H30N4O4. The highest BCUT2D eigenvalue weighted by Gasteiger charge is 2.36. The summed E-state index contributed by atoms with van der Waals surface area (Å²) in [6, 6.07) is 22.1. The smallest absolute Gasteiger partial charge is 0.337 e. The molecule has 2 atom stereocenters. The van der Waals surface area contributed by atoms with Crippen LogP contribution < -0.4 is 5.32 Å². The SMILES string of the molecule is COC(=O)c1ccc2c(c1)NC(=O)C2C(=Nc1ccc(C(=O)N2CCN(C)[C@@H](C)C2)cc1)c1ccccc1. The van der Waals surface area contributed by atoms with Crippen LogP contribution in [0.4, 0.5) is 11.4 Å². The molecule has 5 rings (SSSR count). The summed E-state index contributed by atoms with van der Waals surface area (Å²) in [5, 5.41) is 2.89. The summed E-state index contributed by atoms with van der Waals surface area (Å²) in [6.07, 6.45) is 0. The van der Waals surface area contributed by atoms with Gasteiger partial charge in [-0.1, -0.05) is 36.4 Å². The Kier molecular flexibility index (Phi) is 7.07. The molecule has 1 saturated heterocycles. The fourth-order valence-electron chi connectivity index (χ4n) is 4.92. The molecule has 2 amide bonds. The number of hydrogen-bond acceptors (Lipinski definition) is 6. The number of rotatable bonds is 5. The fourth-order valence-corrected chi connectivity index (χ4v) is 4.92. The predicted octanol–water partition coefficient (Wildman–Crippen LogP) is 4.11. The van der Waals surface area contributed by atoms with Gasteiger partial charge in [-0.05, 0) is 61.5 Å². The Morgan fingerprint density at radius 3 is 2.34 bits per heavy atom. The number of anilines is 1. The average Bonchev–Trinajstić information content (AvgIpc) is 3.27. The van der Waals surface area contributed by atoms with E-state index < -0.39 is 11.9 Å². The van der Waals surface area contributed by atoms with Crippen molar-refractivity contribution in [3.63, 3.8) is 0 Å². The third-order valence-electron chi connectivity index (χ3n) is 7.26. The topological polar surface area (TPSA) is 91.3 Å². The quantitative estimate of drug-likeness (QED) is 0.412. The lowest BCUT2D eigenvalue weighted by Gasteiger charge is -2.37. The lowest BCUT2D eigenvalue weighted by molar-refractivity contribution is -0.115. The number of aliphatic imine (C=N–C) groups is 1. The number of piperazine rings is 1. The highest BCUT2D eigenvalue weighted by Crippen LogP contribution is 2.37. The molecule has 0 saturated carbocycles. The van der Waals surface area contributed by atoms with E-state index in [1.165, 1.54) is 7.11 Å². The number of esters is 1. The summed E-state index contributed by atoms with van der Waals surface area (Å²) in [6.45, 7) is 4.37. The molecule has 3 aromatic carbocycles. The first kappa shape index (κ1) is 25.4. The van der Waals surface area contributed by atoms with Crippen molar-refractivity contribution in [2.75, 3.05) is 39.1 Å². The average molecular weight is 511 g/mol. The number of benzene rings is 3. The number of fused-ring (bicyclic) bond motifs is 1. The van der Waals surface area contributed by atoms with Crippen molar-refractivity contribution < 1.29 is 19.1 Å². The summed E-state index contributed by atoms with van der Waals surface area (Å²) in [5.41, 5.74) is 4.31. The van der Waals surface area contributed by atoms with Crippen molar-refractivity contribution in [2.45, 2.75) is 18.9 Å². The van der Waals surface area contributed by atoms with Crippen molar-refractivity contribution >= 4 is 34.9 Å². The Morgan fingerprint density at radius 1 is 0.947 bits per heavy atom. The van der Waals surface area contributed by atoms with E-state index in [0.717, 1.165) is 17.7 Å². The van der Waals surface area contributed by atoms with E-state index in [1.54, 1.807) is 30.3 Å². The zero-order valence-corrected chi connectivity index (χ0v) is 21.7. The molecule has 0 radical (unpaired) electrons. The zero-order chi connectivity index (χ0) is 26.8. The van der Waals surface area contributed by atoms with Gasteiger partial charge in [-0.3, -0.25) is 14.6 Å². The first-order chi connectivity index (χ1) is 18.4. The van der Waals surface area contributed by atoms with Gasteiger partial charge in [0.1, 0.15) is 5.92 Å². The van der Waals surface area contributed by atoms with E-state index in [-0.39, 0.29) is 11.8 Å². The second-order valence-electron chi connectivity index (χ2n) is 9.71. The van der Waals surface area contributed by atoms with Gasteiger partial charge in [0.25, 0.3) is 5.91 Å². The molecule has 3 aromatic rings. The summed E-state index contributed by atoms with van der Waals surface area (Å²) >= 11 is 0. The number of methoxy groups -OCH3 is 1. The van der Waals surface area contributed by atoms with Crippen LogP contribution in [0.3, 0.4) is 0 Å². The highest BCUT2D eigenvalue weighted by atomic mass is 16.5. The molecule has 38 heavy (non-hydrogen) atoms. The summed E-state index contributed by atoms with van der Waals surface area (Å²) < 4.78 is 4.82. The minimum absolute atomic E-state index is 0.00858. The molecular weight excluding hydrogens is 480 g/mol. The zero-order valence-electron chi connectivity index (χ0n) is 21.7. The van der Waals surface area contributed by atoms with Gasteiger partial charge in [-0.2, -0.15) is 0 Å². The molecule has 2 heterocycles. The van der Waals surface area contributed by atoms with Crippen LogP contribution in [0.2, 0.25) is 0 Å². The van der Waals surface area contributed by atoms with Gasteiger partial charge in [0.15, 0.2) is 0 Å². The van der Waals surface area contributed by atoms with Crippen LogP contribution in [-0.4, -0.2) is 73.1 Å². The molecule has 0 aliphatic carbocycles. The Hall–Kier alpha value is -4.30. The summed E-state index contributed by atoms with van der Waals surface area (Å²) in [5.74, 6) is -1.34. The maximum atomic E-state index is 13.2. The molecule has 2 aliphatic heterocycles. The van der Waals surface area contributed by atoms with E-state index in [1.807, 2.05) is 47.4 Å². The number of carbonyl (C=O) groups excluding carboxylic acids is 3. The number of hydrogen-bond donors (Lipinski definition) is 1. The Bertz CT molecular complexity index is 1400. The Labute approximate surface area is 221 Å². The maximum absolute atomic E-state index is 13.2. The van der Waals surface area contributed by atoms with Crippen LogP contribution in [0.15, 0.2) is 77.8 Å². The van der Waals surface area contributed by atoms with Crippen LogP contribution in [0, 0.1) is 0 Å². The lowest BCUT2D eigenvalue weighted by atomic mass is 9.90. The molecule has 0 aromatic heterocycles. The summed E-state index contributed by atoms with van der Waals surface area (Å²) in [7, 11) is 3.40. The molecule has 194 valence electrons. The highest BCUT2D eigenvalue weighted by molar-refractivity contribution is 6.24. The van der Waals surface area contributed by atoms with E-state index in [0.29, 0.717) is 47.3 Å². The fraction of sp³-hybridized carbons (Fsp3) is 0.267. The third kappa shape index (κ3) is 4.95. The van der Waals surface area contributed by atoms with Crippen LogP contribution in [0.5, 0.6) is 0 Å². The van der Waals surface area contributed by atoms with E-state index in [4.69, 9.17) is 9.73 Å². The van der Waals surface area contributed by atoms with Gasteiger partial charge in [-0.25, -0.2) is 4.79 Å². The minimum Gasteiger partial charge on any atom is -0.465 e. The van der Waals surface area contributed by atoms with Gasteiger partial charge in [0, 0.05) is 36.9 Å². The van der Waals surface area contributed by atoms with Gasteiger partial charge in [0.2, 0.25) is 5.91 Å². The molecule has 1 fully saturated rings. The standard InChI is InChI=1S/C30H30N4O4/c1-19-18-34(16-15-33(19)2)29(36)21-9-12-23(13-10-21)31-27(20-7-5-4-6-8-20)26-24-14-11-22(30(37)38-3)17-25(24)32-28(26)35/h4-14,17,19,26H,15-16,18H2,1-3H3,(H,32,35)/t19-,26?/m0/s1. The second-order valence-corrected chi connectivity index (χ2v) is 9.71. The molecule has 2 aliphatic rings. The van der Waals surface area contributed by atoms with Crippen LogP contribution in [0.1, 0.15) is 44.7 Å². The number of nitrogens with zero attached hydrogens (tertiary/aromatic N) is 3. The molecule has 1 N–H and O–H groups in total. The summed E-state index contributed by atoms with van der Waals surface area (Å²) in [4.78, 5) is 47.3. The number of ether oxygens (including phenoxy) is 1. The van der Waals surface area contributed by atoms with Crippen LogP contribution in [-0.2, 0) is 9.53 Å². The van der Waals surface area contributed by atoms with Gasteiger partial charge in [0.05, 0.1) is 24.1 Å². The largest absolute Gasteiger partial charge is 0.465 e. The third-order valence-corrected chi connectivity index (χ3v) is 7.26. The first-order valence-electron chi connectivity index (χ1n) is 12.6. The monoisotopic (exact) mass is 510 g/mol. The van der Waals surface area contributed by atoms with Crippen molar-refractivity contribution in [1.82, 2.24) is 9.80 Å². The van der Waals surface area contributed by atoms with Crippen molar-refractivity contribution in [3.8, 4) is 0 Å². The molecule has 0 spiro atoms. The molecule has 1 unspecified atom stereocenters. The number of nitrogens with one attached hydrogen (secondary N) is 1. The first-order valence-corrected chi connectivity index (χ1v) is 12.6. The number of carbonyl (C=O) groups is 3. The minimum atomic E-state index is -0.660. The van der Waals surface area contributed by atoms with Gasteiger partial charge < -0.3 is 19.9 Å². The van der Waals surface area contributed by atoms with E-state index >= 15 is 0 Å². The van der Waals surface area contributed by atoms with Gasteiger partial charge >= 0.3 is 5.97 Å². The van der Waals surface area contributed by atoms with Crippen LogP contribution in [0.25, 0.3) is 0 Å². The van der Waals surface area contributed by atoms with Gasteiger partial charge in [-0.15, -0.1) is 0 Å². The molecule has 8 heteroatoms. The van der Waals surface area contributed by atoms with Crippen molar-refractivity contribution in [1.29, 1.82) is 0 Å². The van der Waals surface area contributed by atoms with E-state index in [2.05, 4.69) is 24.2 Å². The molecule has 0 bridgehead atoms. The molecule has 8 nitrogen and oxygen atoms in total. The van der Waals surface area contributed by atoms with E-state index in [9.17, 15) is 14.4 Å². The predicted molar refractivity (Wildman–Crippen MR) is 146 cm³/mol. The Morgan fingerprint density at radius 2 is 1.66 bits per heavy atom. The second kappa shape index (κ2) is 10.6. The van der Waals surface area contributed by atoms with Crippen LogP contribution >= 0.6 is 0 Å². The number of likely N-dealkylation sites (N-methyl/N-ethyl adjacent to an activating group) is 1. The maximum Gasteiger partial charge on any atom is 0.337 e.